The summed E-state index contributed by atoms with van der Waals surface area (Å²) in [6.45, 7) is 2.16. The molecule has 1 fully saturated rings. The number of para-hydroxylation sites is 1. The standard InChI is InChI=1S/C18H25NO/c1-18(13-14-9-5-3-4-6-10-14)15-11-7-8-12-16(15)19(2)17(18)20/h7-8,11-12,14H,3-6,9-10,13H2,1-2H3. The molecular formula is C18H25NO. The van der Waals surface area contributed by atoms with Gasteiger partial charge in [-0.1, -0.05) is 56.7 Å². The van der Waals surface area contributed by atoms with Crippen molar-refractivity contribution in [2.45, 2.75) is 57.3 Å². The number of carbonyl (C=O) groups is 1. The third kappa shape index (κ3) is 2.15. The molecule has 0 radical (unpaired) electrons. The molecule has 3 rings (SSSR count). The average molecular weight is 271 g/mol. The fourth-order valence-electron chi connectivity index (χ4n) is 4.17. The van der Waals surface area contributed by atoms with Crippen LogP contribution in [0.3, 0.4) is 0 Å². The number of amides is 1. The van der Waals surface area contributed by atoms with Crippen LogP contribution in [0.25, 0.3) is 0 Å². The van der Waals surface area contributed by atoms with Crippen LogP contribution in [-0.2, 0) is 10.2 Å². The third-order valence-electron chi connectivity index (χ3n) is 5.31. The summed E-state index contributed by atoms with van der Waals surface area (Å²) in [5.41, 5.74) is 2.03. The van der Waals surface area contributed by atoms with Gasteiger partial charge in [0.2, 0.25) is 5.91 Å². The van der Waals surface area contributed by atoms with E-state index in [9.17, 15) is 4.79 Å². The van der Waals surface area contributed by atoms with Crippen LogP contribution in [0.1, 0.15) is 57.4 Å². The predicted molar refractivity (Wildman–Crippen MR) is 83.0 cm³/mol. The van der Waals surface area contributed by atoms with Crippen LogP contribution in [0, 0.1) is 5.92 Å². The van der Waals surface area contributed by atoms with E-state index in [2.05, 4.69) is 25.1 Å². The highest BCUT2D eigenvalue weighted by atomic mass is 16.2. The lowest BCUT2D eigenvalue weighted by Crippen LogP contribution is -2.37. The van der Waals surface area contributed by atoms with Gasteiger partial charge in [0.05, 0.1) is 5.41 Å². The summed E-state index contributed by atoms with van der Waals surface area (Å²) in [7, 11) is 1.92. The summed E-state index contributed by atoms with van der Waals surface area (Å²) >= 11 is 0. The SMILES string of the molecule is CN1C(=O)C(C)(CC2CCCCCC2)c2ccccc21. The molecule has 1 heterocycles. The number of likely N-dealkylation sites (N-methyl/N-ethyl adjacent to an activating group) is 1. The number of rotatable bonds is 2. The smallest absolute Gasteiger partial charge is 0.237 e. The second-order valence-electron chi connectivity index (χ2n) is 6.78. The number of hydrogen-bond donors (Lipinski definition) is 0. The molecule has 1 aromatic carbocycles. The Morgan fingerprint density at radius 3 is 2.50 bits per heavy atom. The second-order valence-corrected chi connectivity index (χ2v) is 6.78. The van der Waals surface area contributed by atoms with Crippen LogP contribution in [0.5, 0.6) is 0 Å². The Bertz CT molecular complexity index is 502. The van der Waals surface area contributed by atoms with Crippen LogP contribution in [-0.4, -0.2) is 13.0 Å². The molecular weight excluding hydrogens is 246 g/mol. The number of nitrogens with zero attached hydrogens (tertiary/aromatic N) is 1. The molecule has 1 amide bonds. The van der Waals surface area contributed by atoms with Crippen molar-refractivity contribution < 1.29 is 4.79 Å². The molecule has 2 nitrogen and oxygen atoms in total. The summed E-state index contributed by atoms with van der Waals surface area (Å²) in [5, 5.41) is 0. The van der Waals surface area contributed by atoms with E-state index in [1.807, 2.05) is 18.0 Å². The summed E-state index contributed by atoms with van der Waals surface area (Å²) < 4.78 is 0. The van der Waals surface area contributed by atoms with E-state index in [1.54, 1.807) is 0 Å². The fraction of sp³-hybridized carbons (Fsp3) is 0.611. The molecule has 2 aliphatic rings. The zero-order valence-corrected chi connectivity index (χ0v) is 12.7. The highest BCUT2D eigenvalue weighted by Crippen LogP contribution is 2.46. The van der Waals surface area contributed by atoms with Crippen LogP contribution >= 0.6 is 0 Å². The van der Waals surface area contributed by atoms with E-state index in [-0.39, 0.29) is 11.3 Å². The first kappa shape index (κ1) is 13.7. The quantitative estimate of drug-likeness (QED) is 0.735. The minimum atomic E-state index is -0.305. The maximum Gasteiger partial charge on any atom is 0.237 e. The molecule has 2 heteroatoms. The number of carbonyl (C=O) groups excluding carboxylic acids is 1. The molecule has 1 aliphatic carbocycles. The van der Waals surface area contributed by atoms with Gasteiger partial charge in [-0.25, -0.2) is 0 Å². The van der Waals surface area contributed by atoms with Gasteiger partial charge in [-0.05, 0) is 30.9 Å². The van der Waals surface area contributed by atoms with Crippen molar-refractivity contribution in [3.05, 3.63) is 29.8 Å². The third-order valence-corrected chi connectivity index (χ3v) is 5.31. The topological polar surface area (TPSA) is 20.3 Å². The van der Waals surface area contributed by atoms with Gasteiger partial charge in [-0.15, -0.1) is 0 Å². The van der Waals surface area contributed by atoms with Crippen molar-refractivity contribution >= 4 is 11.6 Å². The Kier molecular flexibility index (Phi) is 3.57. The normalized spacial score (nSPS) is 27.5. The minimum absolute atomic E-state index is 0.281. The number of hydrogen-bond acceptors (Lipinski definition) is 1. The van der Waals surface area contributed by atoms with E-state index in [4.69, 9.17) is 0 Å². The first-order valence-electron chi connectivity index (χ1n) is 8.00. The van der Waals surface area contributed by atoms with E-state index < -0.39 is 0 Å². The monoisotopic (exact) mass is 271 g/mol. The molecule has 1 aromatic rings. The highest BCUT2D eigenvalue weighted by molar-refractivity contribution is 6.07. The maximum absolute atomic E-state index is 12.8. The van der Waals surface area contributed by atoms with E-state index in [1.165, 1.54) is 44.1 Å². The summed E-state index contributed by atoms with van der Waals surface area (Å²) in [4.78, 5) is 14.6. The summed E-state index contributed by atoms with van der Waals surface area (Å²) in [6.07, 6.45) is 9.05. The number of anilines is 1. The van der Waals surface area contributed by atoms with Gasteiger partial charge in [0.1, 0.15) is 0 Å². The molecule has 1 unspecified atom stereocenters. The lowest BCUT2D eigenvalue weighted by Gasteiger charge is -2.28. The Hall–Kier alpha value is -1.31. The second kappa shape index (κ2) is 5.23. The zero-order valence-electron chi connectivity index (χ0n) is 12.7. The molecule has 0 N–H and O–H groups in total. The van der Waals surface area contributed by atoms with Crippen molar-refractivity contribution in [2.75, 3.05) is 11.9 Å². The summed E-state index contributed by atoms with van der Waals surface area (Å²) in [5.74, 6) is 0.994. The molecule has 0 aromatic heterocycles. The van der Waals surface area contributed by atoms with Crippen molar-refractivity contribution in [2.24, 2.45) is 5.92 Å². The Morgan fingerprint density at radius 1 is 1.15 bits per heavy atom. The van der Waals surface area contributed by atoms with E-state index in [0.717, 1.165) is 12.1 Å². The van der Waals surface area contributed by atoms with Gasteiger partial charge in [-0.2, -0.15) is 0 Å². The first-order chi connectivity index (χ1) is 9.63. The largest absolute Gasteiger partial charge is 0.314 e. The maximum atomic E-state index is 12.8. The van der Waals surface area contributed by atoms with Gasteiger partial charge < -0.3 is 4.90 Å². The minimum Gasteiger partial charge on any atom is -0.314 e. The van der Waals surface area contributed by atoms with E-state index in [0.29, 0.717) is 5.92 Å². The predicted octanol–water partition coefficient (Wildman–Crippen LogP) is 4.28. The lowest BCUT2D eigenvalue weighted by molar-refractivity contribution is -0.123. The molecule has 0 spiro atoms. The van der Waals surface area contributed by atoms with Gasteiger partial charge in [0, 0.05) is 12.7 Å². The van der Waals surface area contributed by atoms with Gasteiger partial charge in [0.15, 0.2) is 0 Å². The van der Waals surface area contributed by atoms with Crippen LogP contribution < -0.4 is 4.90 Å². The number of fused-ring (bicyclic) bond motifs is 1. The Labute approximate surface area is 122 Å². The Balaban J connectivity index is 1.88. The molecule has 1 aliphatic heterocycles. The zero-order chi connectivity index (χ0) is 14.2. The van der Waals surface area contributed by atoms with Crippen molar-refractivity contribution in [1.29, 1.82) is 0 Å². The molecule has 0 saturated heterocycles. The number of benzene rings is 1. The Morgan fingerprint density at radius 2 is 1.80 bits per heavy atom. The average Bonchev–Trinajstić information content (AvgIpc) is 2.68. The van der Waals surface area contributed by atoms with Gasteiger partial charge in [0.25, 0.3) is 0 Å². The van der Waals surface area contributed by atoms with Crippen LogP contribution in [0.15, 0.2) is 24.3 Å². The first-order valence-corrected chi connectivity index (χ1v) is 8.00. The van der Waals surface area contributed by atoms with Crippen LogP contribution in [0.4, 0.5) is 5.69 Å². The molecule has 0 bridgehead atoms. The molecule has 1 atom stereocenters. The van der Waals surface area contributed by atoms with Gasteiger partial charge >= 0.3 is 0 Å². The van der Waals surface area contributed by atoms with Crippen molar-refractivity contribution in [3.8, 4) is 0 Å². The molecule has 1 saturated carbocycles. The van der Waals surface area contributed by atoms with E-state index >= 15 is 0 Å². The molecule has 108 valence electrons. The molecule has 20 heavy (non-hydrogen) atoms. The lowest BCUT2D eigenvalue weighted by atomic mass is 9.74. The summed E-state index contributed by atoms with van der Waals surface area (Å²) in [6, 6.07) is 8.32. The van der Waals surface area contributed by atoms with Crippen LogP contribution in [0.2, 0.25) is 0 Å². The van der Waals surface area contributed by atoms with Crippen molar-refractivity contribution in [3.63, 3.8) is 0 Å². The highest BCUT2D eigenvalue weighted by Gasteiger charge is 2.46. The fourth-order valence-corrected chi connectivity index (χ4v) is 4.17. The van der Waals surface area contributed by atoms with Crippen molar-refractivity contribution in [1.82, 2.24) is 0 Å². The van der Waals surface area contributed by atoms with Gasteiger partial charge in [-0.3, -0.25) is 4.79 Å².